The van der Waals surface area contributed by atoms with Gasteiger partial charge < -0.3 is 19.6 Å². The molecule has 0 atom stereocenters. The number of hydrogen-bond donors (Lipinski definition) is 2. The molecule has 0 fully saturated rings. The van der Waals surface area contributed by atoms with E-state index in [1.807, 2.05) is 31.2 Å². The van der Waals surface area contributed by atoms with E-state index in [1.165, 1.54) is 0 Å². The summed E-state index contributed by atoms with van der Waals surface area (Å²) in [6.45, 7) is 4.72. The molecule has 2 N–H and O–H groups in total. The van der Waals surface area contributed by atoms with Crippen LogP contribution in [-0.4, -0.2) is 17.7 Å². The Morgan fingerprint density at radius 1 is 1.35 bits per heavy atom. The van der Waals surface area contributed by atoms with Gasteiger partial charge in [0.1, 0.15) is 11.5 Å². The zero-order valence-corrected chi connectivity index (χ0v) is 11.5. The molecule has 1 aromatic carbocycles. The molecule has 1 heterocycles. The molecule has 0 radical (unpaired) electrons. The summed E-state index contributed by atoms with van der Waals surface area (Å²) in [6.07, 6.45) is 0. The van der Waals surface area contributed by atoms with E-state index in [9.17, 15) is 4.79 Å². The number of ether oxygens (including phenoxy) is 1. The van der Waals surface area contributed by atoms with Crippen LogP contribution in [-0.2, 0) is 6.54 Å². The zero-order chi connectivity index (χ0) is 14.5. The average molecular weight is 275 g/mol. The van der Waals surface area contributed by atoms with E-state index in [0.717, 1.165) is 11.4 Å². The van der Waals surface area contributed by atoms with Gasteiger partial charge in [-0.2, -0.15) is 0 Å². The van der Waals surface area contributed by atoms with Crippen LogP contribution >= 0.6 is 0 Å². The van der Waals surface area contributed by atoms with Crippen molar-refractivity contribution in [1.29, 1.82) is 0 Å². The Kier molecular flexibility index (Phi) is 4.30. The lowest BCUT2D eigenvalue weighted by atomic mass is 10.2. The number of rotatable bonds is 6. The first-order valence-corrected chi connectivity index (χ1v) is 6.39. The van der Waals surface area contributed by atoms with Gasteiger partial charge in [0.05, 0.1) is 13.2 Å². The van der Waals surface area contributed by atoms with E-state index in [-0.39, 0.29) is 5.76 Å². The van der Waals surface area contributed by atoms with E-state index < -0.39 is 5.97 Å². The van der Waals surface area contributed by atoms with Crippen molar-refractivity contribution in [3.8, 4) is 5.75 Å². The van der Waals surface area contributed by atoms with E-state index in [1.54, 1.807) is 13.0 Å². The van der Waals surface area contributed by atoms with Gasteiger partial charge >= 0.3 is 5.97 Å². The highest BCUT2D eigenvalue weighted by Crippen LogP contribution is 2.18. The molecule has 2 aromatic rings. The summed E-state index contributed by atoms with van der Waals surface area (Å²) in [7, 11) is 0. The van der Waals surface area contributed by atoms with E-state index in [2.05, 4.69) is 5.32 Å². The molecule has 0 aliphatic heterocycles. The van der Waals surface area contributed by atoms with Gasteiger partial charge in [-0.3, -0.25) is 0 Å². The van der Waals surface area contributed by atoms with Crippen molar-refractivity contribution in [2.24, 2.45) is 0 Å². The Hall–Kier alpha value is -2.43. The van der Waals surface area contributed by atoms with Crippen molar-refractivity contribution in [3.05, 3.63) is 47.4 Å². The molecule has 0 unspecified atom stereocenters. The SMILES string of the molecule is CCOc1ccc(NCc2cc(C)c(C(=O)O)o2)cc1. The number of nitrogens with one attached hydrogen (secondary N) is 1. The molecule has 0 saturated carbocycles. The summed E-state index contributed by atoms with van der Waals surface area (Å²) < 4.78 is 10.6. The van der Waals surface area contributed by atoms with Crippen molar-refractivity contribution in [2.45, 2.75) is 20.4 Å². The Labute approximate surface area is 117 Å². The monoisotopic (exact) mass is 275 g/mol. The first kappa shape index (κ1) is 14.0. The third-order valence-electron chi connectivity index (χ3n) is 2.80. The minimum absolute atomic E-state index is 0.00602. The number of carboxylic acids is 1. The predicted octanol–water partition coefficient (Wildman–Crippen LogP) is 3.30. The smallest absolute Gasteiger partial charge is 0.372 e. The summed E-state index contributed by atoms with van der Waals surface area (Å²) in [5.41, 5.74) is 1.54. The molecule has 0 spiro atoms. The second-order valence-electron chi connectivity index (χ2n) is 4.34. The van der Waals surface area contributed by atoms with Crippen molar-refractivity contribution in [1.82, 2.24) is 0 Å². The van der Waals surface area contributed by atoms with Crippen LogP contribution in [0.5, 0.6) is 5.75 Å². The maximum Gasteiger partial charge on any atom is 0.372 e. The van der Waals surface area contributed by atoms with Gasteiger partial charge in [0, 0.05) is 11.3 Å². The van der Waals surface area contributed by atoms with Crippen LogP contribution in [0.15, 0.2) is 34.7 Å². The van der Waals surface area contributed by atoms with Gasteiger partial charge in [0.2, 0.25) is 5.76 Å². The Morgan fingerprint density at radius 2 is 2.05 bits per heavy atom. The molecule has 1 aromatic heterocycles. The normalized spacial score (nSPS) is 10.3. The van der Waals surface area contributed by atoms with Crippen LogP contribution in [0.1, 0.15) is 28.8 Å². The maximum atomic E-state index is 10.9. The molecular weight excluding hydrogens is 258 g/mol. The van der Waals surface area contributed by atoms with E-state index in [4.69, 9.17) is 14.3 Å². The van der Waals surface area contributed by atoms with Crippen LogP contribution in [0.25, 0.3) is 0 Å². The lowest BCUT2D eigenvalue weighted by Gasteiger charge is -2.06. The highest BCUT2D eigenvalue weighted by atomic mass is 16.5. The molecule has 0 saturated heterocycles. The Balaban J connectivity index is 1.98. The lowest BCUT2D eigenvalue weighted by molar-refractivity contribution is 0.0659. The maximum absolute atomic E-state index is 10.9. The minimum Gasteiger partial charge on any atom is -0.494 e. The largest absolute Gasteiger partial charge is 0.494 e. The number of carboxylic acid groups (broad SMARTS) is 1. The first-order valence-electron chi connectivity index (χ1n) is 6.39. The third-order valence-corrected chi connectivity index (χ3v) is 2.80. The number of furan rings is 1. The molecule has 0 amide bonds. The number of benzene rings is 1. The topological polar surface area (TPSA) is 71.7 Å². The Morgan fingerprint density at radius 3 is 2.60 bits per heavy atom. The highest BCUT2D eigenvalue weighted by Gasteiger charge is 2.13. The number of hydrogen-bond acceptors (Lipinski definition) is 4. The first-order chi connectivity index (χ1) is 9.60. The number of carbonyl (C=O) groups is 1. The molecule has 0 aliphatic rings. The van der Waals surface area contributed by atoms with Gasteiger partial charge in [0.25, 0.3) is 0 Å². The zero-order valence-electron chi connectivity index (χ0n) is 11.5. The van der Waals surface area contributed by atoms with E-state index >= 15 is 0 Å². The fourth-order valence-electron chi connectivity index (χ4n) is 1.87. The number of aryl methyl sites for hydroxylation is 1. The average Bonchev–Trinajstić information content (AvgIpc) is 2.80. The van der Waals surface area contributed by atoms with Gasteiger partial charge in [-0.25, -0.2) is 4.79 Å². The standard InChI is InChI=1S/C15H17NO4/c1-3-19-12-6-4-11(5-7-12)16-9-13-8-10(2)14(20-13)15(17)18/h4-8,16H,3,9H2,1-2H3,(H,17,18). The van der Waals surface area contributed by atoms with Gasteiger partial charge in [-0.15, -0.1) is 0 Å². The fraction of sp³-hybridized carbons (Fsp3) is 0.267. The van der Waals surface area contributed by atoms with Crippen LogP contribution in [0, 0.1) is 6.92 Å². The molecule has 5 nitrogen and oxygen atoms in total. The highest BCUT2D eigenvalue weighted by molar-refractivity contribution is 5.86. The van der Waals surface area contributed by atoms with Gasteiger partial charge in [0.15, 0.2) is 0 Å². The number of anilines is 1. The number of aromatic carboxylic acids is 1. The fourth-order valence-corrected chi connectivity index (χ4v) is 1.87. The lowest BCUT2D eigenvalue weighted by Crippen LogP contribution is -1.99. The second kappa shape index (κ2) is 6.14. The summed E-state index contributed by atoms with van der Waals surface area (Å²) in [5, 5.41) is 12.1. The van der Waals surface area contributed by atoms with Crippen LogP contribution < -0.4 is 10.1 Å². The Bertz CT molecular complexity index is 586. The minimum atomic E-state index is -1.05. The molecule has 5 heteroatoms. The molecule has 0 bridgehead atoms. The van der Waals surface area contributed by atoms with Crippen LogP contribution in [0.4, 0.5) is 5.69 Å². The third kappa shape index (κ3) is 3.32. The van der Waals surface area contributed by atoms with Gasteiger partial charge in [-0.1, -0.05) is 0 Å². The van der Waals surface area contributed by atoms with Gasteiger partial charge in [-0.05, 0) is 44.2 Å². The second-order valence-corrected chi connectivity index (χ2v) is 4.34. The molecule has 2 rings (SSSR count). The molecule has 0 aliphatic carbocycles. The predicted molar refractivity (Wildman–Crippen MR) is 75.3 cm³/mol. The summed E-state index contributed by atoms with van der Waals surface area (Å²) in [5.74, 6) is 0.358. The molecular formula is C15H17NO4. The van der Waals surface area contributed by atoms with Crippen molar-refractivity contribution < 1.29 is 19.1 Å². The summed E-state index contributed by atoms with van der Waals surface area (Å²) in [6, 6.07) is 9.28. The summed E-state index contributed by atoms with van der Waals surface area (Å²) in [4.78, 5) is 10.9. The summed E-state index contributed by atoms with van der Waals surface area (Å²) >= 11 is 0. The van der Waals surface area contributed by atoms with Crippen molar-refractivity contribution in [3.63, 3.8) is 0 Å². The quantitative estimate of drug-likeness (QED) is 0.846. The molecule has 106 valence electrons. The molecule has 20 heavy (non-hydrogen) atoms. The van der Waals surface area contributed by atoms with Crippen LogP contribution in [0.2, 0.25) is 0 Å². The van der Waals surface area contributed by atoms with Crippen molar-refractivity contribution in [2.75, 3.05) is 11.9 Å². The van der Waals surface area contributed by atoms with E-state index in [0.29, 0.717) is 24.5 Å². The van der Waals surface area contributed by atoms with Crippen LogP contribution in [0.3, 0.4) is 0 Å². The van der Waals surface area contributed by atoms with Crippen molar-refractivity contribution >= 4 is 11.7 Å².